The first-order valence-corrected chi connectivity index (χ1v) is 17.7. The van der Waals surface area contributed by atoms with Gasteiger partial charge in [0.2, 0.25) is 0 Å². The summed E-state index contributed by atoms with van der Waals surface area (Å²) in [5, 5.41) is 1.22. The maximum absolute atomic E-state index is 6.56. The van der Waals surface area contributed by atoms with Gasteiger partial charge in [0.25, 0.3) is 0 Å². The summed E-state index contributed by atoms with van der Waals surface area (Å²) < 4.78 is 15.4. The standard InChI is InChI=1S/C13H24BrIO2Si3/c1-18(2,3)16-20(7,17-19(4,5)6)13-9-11(14)8-12(15)10-13/h8-10H,1-7H3. The fourth-order valence-corrected chi connectivity index (χ4v) is 15.9. The van der Waals surface area contributed by atoms with Gasteiger partial charge in [-0.1, -0.05) is 15.9 Å². The van der Waals surface area contributed by atoms with Gasteiger partial charge in [-0.15, -0.1) is 0 Å². The molecule has 7 heteroatoms. The van der Waals surface area contributed by atoms with Crippen molar-refractivity contribution in [1.29, 1.82) is 0 Å². The van der Waals surface area contributed by atoms with Crippen LogP contribution in [-0.4, -0.2) is 25.2 Å². The second-order valence-corrected chi connectivity index (χ2v) is 21.7. The number of halogens is 2. The summed E-state index contributed by atoms with van der Waals surface area (Å²) in [6, 6.07) is 6.48. The largest absolute Gasteiger partial charge is 0.433 e. The molecule has 0 saturated heterocycles. The van der Waals surface area contributed by atoms with Gasteiger partial charge in [-0.25, -0.2) is 0 Å². The van der Waals surface area contributed by atoms with Gasteiger partial charge < -0.3 is 8.23 Å². The molecule has 0 aliphatic carbocycles. The lowest BCUT2D eigenvalue weighted by molar-refractivity contribution is 0.404. The van der Waals surface area contributed by atoms with Crippen molar-refractivity contribution in [2.75, 3.05) is 0 Å². The second-order valence-electron chi connectivity index (χ2n) is 7.03. The van der Waals surface area contributed by atoms with Crippen LogP contribution in [-0.2, 0) is 8.23 Å². The van der Waals surface area contributed by atoms with E-state index in [9.17, 15) is 0 Å². The zero-order chi connectivity index (χ0) is 15.8. The normalized spacial score (nSPS) is 13.7. The van der Waals surface area contributed by atoms with E-state index in [1.165, 1.54) is 8.76 Å². The van der Waals surface area contributed by atoms with Crippen molar-refractivity contribution in [3.63, 3.8) is 0 Å². The lowest BCUT2D eigenvalue weighted by Crippen LogP contribution is -2.60. The molecule has 0 amide bonds. The molecule has 2 nitrogen and oxygen atoms in total. The molecule has 0 aromatic heterocycles. The minimum Gasteiger partial charge on any atom is -0.433 e. The molecule has 0 radical (unpaired) electrons. The van der Waals surface area contributed by atoms with Crippen LogP contribution in [0.3, 0.4) is 0 Å². The Bertz CT molecular complexity index is 447. The van der Waals surface area contributed by atoms with E-state index in [2.05, 4.69) is 103 Å². The van der Waals surface area contributed by atoms with E-state index < -0.39 is 25.2 Å². The zero-order valence-corrected chi connectivity index (χ0v) is 20.0. The Kier molecular flexibility index (Phi) is 6.31. The minimum atomic E-state index is -2.37. The summed E-state index contributed by atoms with van der Waals surface area (Å²) in [5.41, 5.74) is 0. The lowest BCUT2D eigenvalue weighted by atomic mass is 10.4. The topological polar surface area (TPSA) is 18.5 Å². The molecule has 0 saturated carbocycles. The summed E-state index contributed by atoms with van der Waals surface area (Å²) in [5.74, 6) is 0. The van der Waals surface area contributed by atoms with Gasteiger partial charge in [-0.3, -0.25) is 0 Å². The molecular weight excluding hydrogens is 479 g/mol. The average Bonchev–Trinajstić information content (AvgIpc) is 2.08. The van der Waals surface area contributed by atoms with Gasteiger partial charge in [0.15, 0.2) is 16.6 Å². The van der Waals surface area contributed by atoms with Crippen LogP contribution >= 0.6 is 38.5 Å². The molecule has 0 aliphatic rings. The van der Waals surface area contributed by atoms with Crippen molar-refractivity contribution < 1.29 is 8.23 Å². The van der Waals surface area contributed by atoms with Crippen LogP contribution in [0.5, 0.6) is 0 Å². The Morgan fingerprint density at radius 1 is 0.850 bits per heavy atom. The SMILES string of the molecule is C[Si](C)(C)O[Si](C)(O[Si](C)(C)C)c1cc(Br)cc(I)c1. The third-order valence-electron chi connectivity index (χ3n) is 2.39. The fraction of sp³-hybridized carbons (Fsp3) is 0.538. The summed E-state index contributed by atoms with van der Waals surface area (Å²) in [6.07, 6.45) is 0. The Morgan fingerprint density at radius 3 is 1.65 bits per heavy atom. The first-order chi connectivity index (χ1) is 8.81. The molecule has 1 aromatic carbocycles. The summed E-state index contributed by atoms with van der Waals surface area (Å²) in [6.45, 7) is 15.6. The van der Waals surface area contributed by atoms with Crippen molar-refractivity contribution in [2.24, 2.45) is 0 Å². The highest BCUT2D eigenvalue weighted by molar-refractivity contribution is 14.1. The highest BCUT2D eigenvalue weighted by Crippen LogP contribution is 2.23. The summed E-state index contributed by atoms with van der Waals surface area (Å²) in [7, 11) is -5.71. The lowest BCUT2D eigenvalue weighted by Gasteiger charge is -2.38. The molecular formula is C13H24BrIO2Si3. The maximum atomic E-state index is 6.56. The minimum absolute atomic E-state index is 1.09. The monoisotopic (exact) mass is 502 g/mol. The van der Waals surface area contributed by atoms with Crippen LogP contribution in [0, 0.1) is 3.57 Å². The van der Waals surface area contributed by atoms with E-state index in [4.69, 9.17) is 8.23 Å². The number of rotatable bonds is 5. The van der Waals surface area contributed by atoms with E-state index >= 15 is 0 Å². The molecule has 0 unspecified atom stereocenters. The van der Waals surface area contributed by atoms with Crippen LogP contribution < -0.4 is 5.19 Å². The van der Waals surface area contributed by atoms with Gasteiger partial charge in [0.1, 0.15) is 0 Å². The smallest absolute Gasteiger partial charge is 0.348 e. The fourth-order valence-electron chi connectivity index (χ4n) is 2.12. The Morgan fingerprint density at radius 2 is 1.30 bits per heavy atom. The van der Waals surface area contributed by atoms with Crippen LogP contribution in [0.2, 0.25) is 45.8 Å². The van der Waals surface area contributed by atoms with Crippen molar-refractivity contribution in [2.45, 2.75) is 45.8 Å². The Labute approximate surface area is 148 Å². The number of hydrogen-bond donors (Lipinski definition) is 0. The molecule has 1 rings (SSSR count). The quantitative estimate of drug-likeness (QED) is 0.415. The van der Waals surface area contributed by atoms with Crippen molar-refractivity contribution in [1.82, 2.24) is 0 Å². The van der Waals surface area contributed by atoms with Gasteiger partial charge in [0.05, 0.1) is 0 Å². The van der Waals surface area contributed by atoms with Gasteiger partial charge in [0, 0.05) is 8.04 Å². The van der Waals surface area contributed by atoms with Gasteiger partial charge in [-0.05, 0) is 91.8 Å². The van der Waals surface area contributed by atoms with Gasteiger partial charge >= 0.3 is 8.56 Å². The predicted molar refractivity (Wildman–Crippen MR) is 107 cm³/mol. The van der Waals surface area contributed by atoms with Crippen molar-refractivity contribution in [3.05, 3.63) is 26.2 Å². The average molecular weight is 503 g/mol. The molecule has 0 bridgehead atoms. The highest BCUT2D eigenvalue weighted by Gasteiger charge is 2.42. The summed E-state index contributed by atoms with van der Waals surface area (Å²) >= 11 is 5.94. The van der Waals surface area contributed by atoms with Crippen LogP contribution in [0.25, 0.3) is 0 Å². The second kappa shape index (κ2) is 6.63. The van der Waals surface area contributed by atoms with Crippen molar-refractivity contribution >= 4 is 68.9 Å². The molecule has 20 heavy (non-hydrogen) atoms. The molecule has 1 aromatic rings. The zero-order valence-electron chi connectivity index (χ0n) is 13.3. The molecule has 114 valence electrons. The third kappa shape index (κ3) is 6.41. The van der Waals surface area contributed by atoms with E-state index in [-0.39, 0.29) is 0 Å². The van der Waals surface area contributed by atoms with E-state index in [0.29, 0.717) is 0 Å². The third-order valence-corrected chi connectivity index (χ3v) is 12.8. The predicted octanol–water partition coefficient (Wildman–Crippen LogP) is 5.04. The molecule has 0 atom stereocenters. The van der Waals surface area contributed by atoms with E-state index in [0.717, 1.165) is 4.47 Å². The molecule has 0 N–H and O–H groups in total. The Hall–Kier alpha value is 1.00. The summed E-state index contributed by atoms with van der Waals surface area (Å²) in [4.78, 5) is 0. The number of hydrogen-bond acceptors (Lipinski definition) is 2. The maximum Gasteiger partial charge on any atom is 0.348 e. The van der Waals surface area contributed by atoms with E-state index in [1.807, 2.05) is 0 Å². The van der Waals surface area contributed by atoms with Crippen LogP contribution in [0.15, 0.2) is 22.7 Å². The highest BCUT2D eigenvalue weighted by atomic mass is 127. The van der Waals surface area contributed by atoms with Crippen molar-refractivity contribution in [3.8, 4) is 0 Å². The molecule has 0 spiro atoms. The number of benzene rings is 1. The Balaban J connectivity index is 3.28. The van der Waals surface area contributed by atoms with Crippen LogP contribution in [0.1, 0.15) is 0 Å². The molecule has 0 heterocycles. The molecule has 0 aliphatic heterocycles. The first kappa shape index (κ1) is 19.0. The van der Waals surface area contributed by atoms with Gasteiger partial charge in [-0.2, -0.15) is 0 Å². The van der Waals surface area contributed by atoms with Crippen LogP contribution in [0.4, 0.5) is 0 Å². The first-order valence-electron chi connectivity index (χ1n) is 6.68. The van der Waals surface area contributed by atoms with E-state index in [1.54, 1.807) is 0 Å². The molecule has 0 fully saturated rings.